The van der Waals surface area contributed by atoms with Gasteiger partial charge in [-0.05, 0) is 24.2 Å². The van der Waals surface area contributed by atoms with Gasteiger partial charge in [-0.1, -0.05) is 40.0 Å². The van der Waals surface area contributed by atoms with Gasteiger partial charge < -0.3 is 0 Å². The average Bonchev–Trinajstić information content (AvgIpc) is 1.91. The van der Waals surface area contributed by atoms with Crippen molar-refractivity contribution in [2.24, 2.45) is 17.2 Å². The predicted octanol–water partition coefficient (Wildman–Crippen LogP) is 2.44. The number of hydrazine groups is 1. The fraction of sp³-hybridized carbons (Fsp3) is 1.00. The third kappa shape index (κ3) is 4.10. The van der Waals surface area contributed by atoms with E-state index in [2.05, 4.69) is 26.2 Å². The Morgan fingerprint density at radius 1 is 1.38 bits per heavy atom. The van der Waals surface area contributed by atoms with Crippen LogP contribution in [0.5, 0.6) is 0 Å². The summed E-state index contributed by atoms with van der Waals surface area (Å²) in [6, 6.07) is 0.519. The van der Waals surface area contributed by atoms with Crippen molar-refractivity contribution in [1.82, 2.24) is 5.43 Å². The molecule has 1 aliphatic rings. The normalized spacial score (nSPS) is 21.2. The van der Waals surface area contributed by atoms with Crippen molar-refractivity contribution in [3.05, 3.63) is 0 Å². The first kappa shape index (κ1) is 11.0. The van der Waals surface area contributed by atoms with Gasteiger partial charge in [-0.2, -0.15) is 0 Å². The lowest BCUT2D eigenvalue weighted by Crippen LogP contribution is -2.40. The van der Waals surface area contributed by atoms with Crippen LogP contribution in [0.3, 0.4) is 0 Å². The van der Waals surface area contributed by atoms with Crippen LogP contribution in [0.15, 0.2) is 0 Å². The summed E-state index contributed by atoms with van der Waals surface area (Å²) in [6.45, 7) is 6.83. The quantitative estimate of drug-likeness (QED) is 0.520. The van der Waals surface area contributed by atoms with Gasteiger partial charge in [0.2, 0.25) is 0 Å². The van der Waals surface area contributed by atoms with Gasteiger partial charge in [0, 0.05) is 6.04 Å². The van der Waals surface area contributed by atoms with Gasteiger partial charge in [-0.25, -0.2) is 0 Å². The maximum Gasteiger partial charge on any atom is 0.0218 e. The van der Waals surface area contributed by atoms with E-state index in [1.807, 2.05) is 0 Å². The first-order valence-electron chi connectivity index (χ1n) is 5.47. The van der Waals surface area contributed by atoms with Crippen molar-refractivity contribution >= 4 is 0 Å². The monoisotopic (exact) mass is 184 g/mol. The molecule has 2 nitrogen and oxygen atoms in total. The highest BCUT2D eigenvalue weighted by Crippen LogP contribution is 2.33. The van der Waals surface area contributed by atoms with E-state index in [1.54, 1.807) is 0 Å². The van der Waals surface area contributed by atoms with Crippen LogP contribution < -0.4 is 11.3 Å². The van der Waals surface area contributed by atoms with Crippen LogP contribution in [-0.2, 0) is 0 Å². The summed E-state index contributed by atoms with van der Waals surface area (Å²) in [4.78, 5) is 0. The fourth-order valence-corrected chi connectivity index (χ4v) is 2.08. The van der Waals surface area contributed by atoms with Crippen molar-refractivity contribution in [3.63, 3.8) is 0 Å². The minimum Gasteiger partial charge on any atom is -0.271 e. The molecule has 1 atom stereocenters. The van der Waals surface area contributed by atoms with Crippen LogP contribution in [0.2, 0.25) is 0 Å². The molecule has 0 heterocycles. The summed E-state index contributed by atoms with van der Waals surface area (Å²) < 4.78 is 0. The Balaban J connectivity index is 2.25. The lowest BCUT2D eigenvalue weighted by atomic mass is 9.77. The summed E-state index contributed by atoms with van der Waals surface area (Å²) in [5, 5.41) is 0. The maximum atomic E-state index is 5.56. The smallest absolute Gasteiger partial charge is 0.0218 e. The molecular formula is C11H24N2. The van der Waals surface area contributed by atoms with Crippen molar-refractivity contribution in [2.45, 2.75) is 58.9 Å². The Morgan fingerprint density at radius 3 is 2.31 bits per heavy atom. The Labute approximate surface area is 82.2 Å². The molecule has 1 unspecified atom stereocenters. The Bertz CT molecular complexity index is 145. The zero-order valence-electron chi connectivity index (χ0n) is 9.27. The molecule has 0 spiro atoms. The molecular weight excluding hydrogens is 160 g/mol. The Kier molecular flexibility index (Phi) is 3.74. The van der Waals surface area contributed by atoms with Gasteiger partial charge in [0.1, 0.15) is 0 Å². The van der Waals surface area contributed by atoms with E-state index in [9.17, 15) is 0 Å². The lowest BCUT2D eigenvalue weighted by Gasteiger charge is -2.32. The highest BCUT2D eigenvalue weighted by Gasteiger charge is 2.24. The first-order chi connectivity index (χ1) is 6.01. The SMILES string of the molecule is CC(C)(C)CC(CC1CCC1)NN. The molecule has 0 aromatic heterocycles. The average molecular weight is 184 g/mol. The van der Waals surface area contributed by atoms with Gasteiger partial charge >= 0.3 is 0 Å². The van der Waals surface area contributed by atoms with Crippen molar-refractivity contribution in [1.29, 1.82) is 0 Å². The molecule has 0 amide bonds. The van der Waals surface area contributed by atoms with Crippen LogP contribution in [-0.4, -0.2) is 6.04 Å². The van der Waals surface area contributed by atoms with Gasteiger partial charge in [-0.15, -0.1) is 0 Å². The molecule has 0 aromatic rings. The van der Waals surface area contributed by atoms with E-state index in [0.29, 0.717) is 11.5 Å². The molecule has 0 aliphatic heterocycles. The van der Waals surface area contributed by atoms with E-state index in [1.165, 1.54) is 32.1 Å². The minimum absolute atomic E-state index is 0.390. The second kappa shape index (κ2) is 4.43. The minimum atomic E-state index is 0.390. The molecule has 1 saturated carbocycles. The molecule has 2 heteroatoms. The summed E-state index contributed by atoms with van der Waals surface area (Å²) in [7, 11) is 0. The highest BCUT2D eigenvalue weighted by molar-refractivity contribution is 4.79. The summed E-state index contributed by atoms with van der Waals surface area (Å²) in [6.07, 6.45) is 6.72. The van der Waals surface area contributed by atoms with Crippen LogP contribution in [0.4, 0.5) is 0 Å². The number of hydrogen-bond acceptors (Lipinski definition) is 2. The molecule has 1 rings (SSSR count). The van der Waals surface area contributed by atoms with Gasteiger partial charge in [0.15, 0.2) is 0 Å². The van der Waals surface area contributed by atoms with Crippen molar-refractivity contribution < 1.29 is 0 Å². The van der Waals surface area contributed by atoms with Gasteiger partial charge in [0.05, 0.1) is 0 Å². The largest absolute Gasteiger partial charge is 0.271 e. The molecule has 78 valence electrons. The number of hydrogen-bond donors (Lipinski definition) is 2. The van der Waals surface area contributed by atoms with Crippen molar-refractivity contribution in [3.8, 4) is 0 Å². The standard InChI is InChI=1S/C11H24N2/c1-11(2,3)8-10(13-12)7-9-5-4-6-9/h9-10,13H,4-8,12H2,1-3H3. The van der Waals surface area contributed by atoms with E-state index in [-0.39, 0.29) is 0 Å². The van der Waals surface area contributed by atoms with E-state index < -0.39 is 0 Å². The van der Waals surface area contributed by atoms with Gasteiger partial charge in [0.25, 0.3) is 0 Å². The van der Waals surface area contributed by atoms with Crippen LogP contribution in [0.25, 0.3) is 0 Å². The lowest BCUT2D eigenvalue weighted by molar-refractivity contribution is 0.221. The summed E-state index contributed by atoms with van der Waals surface area (Å²) >= 11 is 0. The van der Waals surface area contributed by atoms with Gasteiger partial charge in [-0.3, -0.25) is 11.3 Å². The maximum absolute atomic E-state index is 5.56. The first-order valence-corrected chi connectivity index (χ1v) is 5.47. The number of rotatable bonds is 4. The molecule has 0 saturated heterocycles. The Morgan fingerprint density at radius 2 is 2.00 bits per heavy atom. The fourth-order valence-electron chi connectivity index (χ4n) is 2.08. The third-order valence-electron chi connectivity index (χ3n) is 2.94. The molecule has 13 heavy (non-hydrogen) atoms. The summed E-state index contributed by atoms with van der Waals surface area (Å²) in [5.41, 5.74) is 3.35. The van der Waals surface area contributed by atoms with E-state index in [0.717, 1.165) is 5.92 Å². The third-order valence-corrected chi connectivity index (χ3v) is 2.94. The molecule has 1 aliphatic carbocycles. The van der Waals surface area contributed by atoms with E-state index >= 15 is 0 Å². The molecule has 0 aromatic carbocycles. The second-order valence-corrected chi connectivity index (χ2v) is 5.66. The zero-order chi connectivity index (χ0) is 9.90. The predicted molar refractivity (Wildman–Crippen MR) is 57.1 cm³/mol. The number of nitrogens with two attached hydrogens (primary N) is 1. The highest BCUT2D eigenvalue weighted by atomic mass is 15.2. The molecule has 1 fully saturated rings. The van der Waals surface area contributed by atoms with Crippen LogP contribution in [0.1, 0.15) is 52.9 Å². The van der Waals surface area contributed by atoms with Crippen LogP contribution >= 0.6 is 0 Å². The second-order valence-electron chi connectivity index (χ2n) is 5.66. The van der Waals surface area contributed by atoms with Crippen molar-refractivity contribution in [2.75, 3.05) is 0 Å². The Hall–Kier alpha value is -0.0800. The zero-order valence-corrected chi connectivity index (χ0v) is 9.27. The molecule has 0 radical (unpaired) electrons. The summed E-state index contributed by atoms with van der Waals surface area (Å²) in [5.74, 6) is 6.50. The van der Waals surface area contributed by atoms with Crippen LogP contribution in [0, 0.1) is 11.3 Å². The number of nitrogens with one attached hydrogen (secondary N) is 1. The van der Waals surface area contributed by atoms with E-state index in [4.69, 9.17) is 5.84 Å². The topological polar surface area (TPSA) is 38.0 Å². The molecule has 3 N–H and O–H groups in total. The molecule has 0 bridgehead atoms.